The molecule has 4 N–H and O–H groups in total. The average Bonchev–Trinajstić information content (AvgIpc) is 3.39. The number of halogens is 3. The molecule has 3 aliphatic carbocycles. The molecule has 1 heterocycles. The molecule has 0 aromatic heterocycles. The van der Waals surface area contributed by atoms with Crippen LogP contribution in [-0.4, -0.2) is 48.6 Å². The van der Waals surface area contributed by atoms with E-state index in [1.807, 2.05) is 0 Å². The van der Waals surface area contributed by atoms with Gasteiger partial charge in [-0.2, -0.15) is 0 Å². The minimum Gasteiger partial charge on any atom is -0.353 e. The number of carbonyl (C=O) groups is 1. The molecule has 3 saturated carbocycles. The highest BCUT2D eigenvalue weighted by Gasteiger charge is 2.37. The maximum atomic E-state index is 13.8. The Hall–Kier alpha value is -1.35. The third-order valence-corrected chi connectivity index (χ3v) is 7.31. The van der Waals surface area contributed by atoms with Gasteiger partial charge in [-0.25, -0.2) is 23.6 Å². The van der Waals surface area contributed by atoms with Gasteiger partial charge in [-0.3, -0.25) is 15.5 Å². The fraction of sp³-hybridized carbons (Fsp3) is 0.909. The van der Waals surface area contributed by atoms with Crippen LogP contribution in [0.1, 0.15) is 77.0 Å². The third-order valence-electron chi connectivity index (χ3n) is 7.31. The summed E-state index contributed by atoms with van der Waals surface area (Å²) in [6.07, 6.45) is 4.52. The van der Waals surface area contributed by atoms with E-state index >= 15 is 0 Å². The molecule has 4 fully saturated rings. The number of guanidine groups is 1. The molecular formula is C22H36F3N5O. The van der Waals surface area contributed by atoms with E-state index in [0.717, 1.165) is 32.1 Å². The highest BCUT2D eigenvalue weighted by Crippen LogP contribution is 2.33. The number of rotatable bonds is 4. The summed E-state index contributed by atoms with van der Waals surface area (Å²) in [4.78, 5) is 17.5. The van der Waals surface area contributed by atoms with E-state index in [4.69, 9.17) is 4.99 Å². The van der Waals surface area contributed by atoms with E-state index in [0.29, 0.717) is 38.1 Å². The zero-order valence-corrected chi connectivity index (χ0v) is 18.1. The summed E-state index contributed by atoms with van der Waals surface area (Å²) in [6.45, 7) is 0. The monoisotopic (exact) mass is 443 g/mol. The predicted octanol–water partition coefficient (Wildman–Crippen LogP) is 3.19. The maximum absolute atomic E-state index is 13.8. The second-order valence-corrected chi connectivity index (χ2v) is 9.86. The first-order valence-electron chi connectivity index (χ1n) is 12.0. The van der Waals surface area contributed by atoms with Crippen molar-refractivity contribution in [2.24, 2.45) is 16.8 Å². The Labute approximate surface area is 182 Å². The zero-order valence-electron chi connectivity index (χ0n) is 18.1. The highest BCUT2D eigenvalue weighted by atomic mass is 19.1. The Morgan fingerprint density at radius 1 is 0.806 bits per heavy atom. The van der Waals surface area contributed by atoms with E-state index < -0.39 is 18.5 Å². The van der Waals surface area contributed by atoms with Crippen LogP contribution >= 0.6 is 0 Å². The van der Waals surface area contributed by atoms with Crippen molar-refractivity contribution in [1.29, 1.82) is 0 Å². The van der Waals surface area contributed by atoms with Gasteiger partial charge in [0.2, 0.25) is 5.91 Å². The molecule has 0 aromatic carbocycles. The molecule has 0 bridgehead atoms. The fourth-order valence-electron chi connectivity index (χ4n) is 5.62. The number of nitrogens with zero attached hydrogens (tertiary/aromatic N) is 1. The molecule has 1 saturated heterocycles. The quantitative estimate of drug-likeness (QED) is 0.398. The zero-order chi connectivity index (χ0) is 21.8. The standard InChI is InChI=1S/C22H36F3N5O/c23-15-5-3-4-13(8-15)21(31)28-22(26-18-6-1-2-7-18)27-20-12-19(29-30-20)14-9-16(24)11-17(25)10-14/h13-20,29-30H,1-12H2,(H2,26,27,28,31). The van der Waals surface area contributed by atoms with Crippen LogP contribution in [0.5, 0.6) is 0 Å². The van der Waals surface area contributed by atoms with Gasteiger partial charge >= 0.3 is 0 Å². The number of hydrogen-bond donors (Lipinski definition) is 4. The predicted molar refractivity (Wildman–Crippen MR) is 113 cm³/mol. The molecular weight excluding hydrogens is 407 g/mol. The van der Waals surface area contributed by atoms with Crippen molar-refractivity contribution >= 4 is 11.9 Å². The lowest BCUT2D eigenvalue weighted by molar-refractivity contribution is -0.125. The molecule has 1 aliphatic heterocycles. The Kier molecular flexibility index (Phi) is 7.74. The number of amides is 1. The molecule has 176 valence electrons. The number of alkyl halides is 3. The van der Waals surface area contributed by atoms with Gasteiger partial charge in [0, 0.05) is 30.8 Å². The topological polar surface area (TPSA) is 77.5 Å². The smallest absolute Gasteiger partial charge is 0.229 e. The largest absolute Gasteiger partial charge is 0.353 e. The Balaban J connectivity index is 1.38. The lowest BCUT2D eigenvalue weighted by Crippen LogP contribution is -2.48. The molecule has 6 nitrogen and oxygen atoms in total. The molecule has 6 unspecified atom stereocenters. The number of aliphatic imine (C=N–C) groups is 1. The third kappa shape index (κ3) is 6.34. The van der Waals surface area contributed by atoms with Crippen LogP contribution in [0.2, 0.25) is 0 Å². The van der Waals surface area contributed by atoms with Gasteiger partial charge < -0.3 is 5.32 Å². The fourth-order valence-corrected chi connectivity index (χ4v) is 5.62. The van der Waals surface area contributed by atoms with E-state index in [9.17, 15) is 18.0 Å². The van der Waals surface area contributed by atoms with Crippen molar-refractivity contribution in [2.45, 2.75) is 114 Å². The van der Waals surface area contributed by atoms with E-state index in [1.54, 1.807) is 0 Å². The minimum atomic E-state index is -1.09. The molecule has 31 heavy (non-hydrogen) atoms. The van der Waals surface area contributed by atoms with Crippen LogP contribution in [0, 0.1) is 11.8 Å². The first-order chi connectivity index (χ1) is 15.0. The van der Waals surface area contributed by atoms with Crippen LogP contribution in [0.3, 0.4) is 0 Å². The summed E-state index contributed by atoms with van der Waals surface area (Å²) < 4.78 is 41.4. The molecule has 4 aliphatic rings. The number of hydrogen-bond acceptors (Lipinski definition) is 4. The van der Waals surface area contributed by atoms with Gasteiger partial charge in [-0.15, -0.1) is 0 Å². The summed E-state index contributed by atoms with van der Waals surface area (Å²) in [7, 11) is 0. The van der Waals surface area contributed by atoms with Crippen molar-refractivity contribution < 1.29 is 18.0 Å². The molecule has 0 spiro atoms. The van der Waals surface area contributed by atoms with Crippen molar-refractivity contribution in [1.82, 2.24) is 21.5 Å². The lowest BCUT2D eigenvalue weighted by atomic mass is 9.81. The summed E-state index contributed by atoms with van der Waals surface area (Å²) in [5.74, 6) is -0.155. The van der Waals surface area contributed by atoms with E-state index in [2.05, 4.69) is 21.5 Å². The van der Waals surface area contributed by atoms with Crippen molar-refractivity contribution in [3.63, 3.8) is 0 Å². The van der Waals surface area contributed by atoms with Gasteiger partial charge in [0.15, 0.2) is 5.96 Å². The second-order valence-electron chi connectivity index (χ2n) is 9.86. The first-order valence-corrected chi connectivity index (χ1v) is 12.0. The van der Waals surface area contributed by atoms with Crippen molar-refractivity contribution in [3.8, 4) is 0 Å². The van der Waals surface area contributed by atoms with E-state index in [1.165, 1.54) is 0 Å². The SMILES string of the molecule is O=C(N/C(=N\C1CC(C2CC(F)CC(F)C2)NN1)NC1CCCC1)C1CCCC(F)C1. The van der Waals surface area contributed by atoms with Crippen molar-refractivity contribution in [3.05, 3.63) is 0 Å². The summed E-state index contributed by atoms with van der Waals surface area (Å²) in [5.41, 5.74) is 6.27. The lowest BCUT2D eigenvalue weighted by Gasteiger charge is -2.31. The molecule has 1 amide bonds. The minimum absolute atomic E-state index is 0.000617. The first kappa shape index (κ1) is 22.8. The van der Waals surface area contributed by atoms with Gasteiger partial charge in [-0.1, -0.05) is 12.8 Å². The van der Waals surface area contributed by atoms with Gasteiger partial charge in [0.25, 0.3) is 0 Å². The van der Waals surface area contributed by atoms with Gasteiger partial charge in [0.1, 0.15) is 24.7 Å². The second kappa shape index (κ2) is 10.5. The Morgan fingerprint density at radius 3 is 2.26 bits per heavy atom. The van der Waals surface area contributed by atoms with Gasteiger partial charge in [0.05, 0.1) is 0 Å². The Morgan fingerprint density at radius 2 is 1.55 bits per heavy atom. The average molecular weight is 444 g/mol. The van der Waals surface area contributed by atoms with E-state index in [-0.39, 0.29) is 48.8 Å². The Bertz CT molecular complexity index is 635. The molecule has 9 heteroatoms. The van der Waals surface area contributed by atoms with Crippen LogP contribution in [0.4, 0.5) is 13.2 Å². The maximum Gasteiger partial charge on any atom is 0.229 e. The van der Waals surface area contributed by atoms with Crippen LogP contribution in [-0.2, 0) is 4.79 Å². The summed E-state index contributed by atoms with van der Waals surface area (Å²) in [6, 6.07) is 0.210. The number of carbonyl (C=O) groups excluding carboxylic acids is 1. The molecule has 0 aromatic rings. The highest BCUT2D eigenvalue weighted by molar-refractivity contribution is 5.98. The van der Waals surface area contributed by atoms with Crippen LogP contribution < -0.4 is 21.5 Å². The molecule has 6 atom stereocenters. The summed E-state index contributed by atoms with van der Waals surface area (Å²) in [5, 5.41) is 6.28. The summed E-state index contributed by atoms with van der Waals surface area (Å²) >= 11 is 0. The van der Waals surface area contributed by atoms with Crippen LogP contribution in [0.15, 0.2) is 4.99 Å². The normalized spacial score (nSPS) is 40.1. The molecule has 4 rings (SSSR count). The van der Waals surface area contributed by atoms with Crippen molar-refractivity contribution in [2.75, 3.05) is 0 Å². The van der Waals surface area contributed by atoms with Crippen LogP contribution in [0.25, 0.3) is 0 Å². The van der Waals surface area contributed by atoms with Gasteiger partial charge in [-0.05, 0) is 57.3 Å². The number of hydrazine groups is 1. The molecule has 0 radical (unpaired) electrons. The number of nitrogens with one attached hydrogen (secondary N) is 4.